The van der Waals surface area contributed by atoms with Crippen molar-refractivity contribution in [1.29, 1.82) is 0 Å². The van der Waals surface area contributed by atoms with Gasteiger partial charge in [0, 0.05) is 11.6 Å². The van der Waals surface area contributed by atoms with E-state index in [1.54, 1.807) is 13.8 Å². The molecule has 0 saturated carbocycles. The van der Waals surface area contributed by atoms with E-state index in [0.29, 0.717) is 5.75 Å². The summed E-state index contributed by atoms with van der Waals surface area (Å²) in [7, 11) is -0.280. The van der Waals surface area contributed by atoms with E-state index in [0.717, 1.165) is 23.1 Å². The van der Waals surface area contributed by atoms with E-state index in [-0.39, 0.29) is 23.1 Å². The number of carbonyl (C=O) groups is 1. The van der Waals surface area contributed by atoms with E-state index in [9.17, 15) is 13.6 Å². The fourth-order valence-electron chi connectivity index (χ4n) is 3.52. The first-order valence-electron chi connectivity index (χ1n) is 11.6. The Hall–Kier alpha value is -4.08. The monoisotopic (exact) mass is 515 g/mol. The number of hydrogen-bond acceptors (Lipinski definition) is 3. The minimum atomic E-state index is -1.17. The van der Waals surface area contributed by atoms with Gasteiger partial charge in [0.25, 0.3) is 0 Å². The fourth-order valence-corrected chi connectivity index (χ4v) is 5.61. The molecule has 6 heteroatoms. The van der Waals surface area contributed by atoms with Crippen molar-refractivity contribution in [1.82, 2.24) is 0 Å². The second kappa shape index (κ2) is 11.8. The Bertz CT molecular complexity index is 1350. The highest BCUT2D eigenvalue weighted by Gasteiger charge is 2.28. The van der Waals surface area contributed by atoms with Gasteiger partial charge in [-0.05, 0) is 74.5 Å². The Labute approximate surface area is 218 Å². The van der Waals surface area contributed by atoms with Gasteiger partial charge in [-0.15, -0.1) is 0 Å². The van der Waals surface area contributed by atoms with Crippen molar-refractivity contribution in [3.63, 3.8) is 0 Å². The first kappa shape index (κ1) is 26.0. The molecule has 0 N–H and O–H groups in total. The van der Waals surface area contributed by atoms with Gasteiger partial charge in [-0.25, -0.2) is 13.6 Å². The normalized spacial score (nSPS) is 10.9. The van der Waals surface area contributed by atoms with Crippen LogP contribution in [0.2, 0.25) is 0 Å². The van der Waals surface area contributed by atoms with Crippen LogP contribution in [0.25, 0.3) is 0 Å². The number of halogens is 2. The minimum absolute atomic E-state index is 0.156. The van der Waals surface area contributed by atoms with Gasteiger partial charge in [0.05, 0.1) is 10.9 Å². The summed E-state index contributed by atoms with van der Waals surface area (Å²) in [5, 5.41) is 0. The largest absolute Gasteiger partial charge is 0.482 e. The lowest BCUT2D eigenvalue weighted by Gasteiger charge is -2.19. The summed E-state index contributed by atoms with van der Waals surface area (Å²) < 4.78 is 37.7. The number of rotatable bonds is 7. The Morgan fingerprint density at radius 3 is 1.84 bits per heavy atom. The number of ether oxygens (including phenoxy) is 2. The van der Waals surface area contributed by atoms with Crippen LogP contribution in [0.15, 0.2) is 118 Å². The van der Waals surface area contributed by atoms with Crippen LogP contribution in [0.1, 0.15) is 19.4 Å². The van der Waals surface area contributed by atoms with E-state index >= 15 is 0 Å². The van der Waals surface area contributed by atoms with Gasteiger partial charge in [0.1, 0.15) is 17.4 Å². The van der Waals surface area contributed by atoms with Crippen LogP contribution in [0, 0.1) is 23.5 Å². The zero-order valence-electron chi connectivity index (χ0n) is 20.4. The molecule has 0 aliphatic heterocycles. The van der Waals surface area contributed by atoms with Crippen molar-refractivity contribution < 1.29 is 23.0 Å². The molecule has 4 aromatic carbocycles. The van der Waals surface area contributed by atoms with E-state index in [2.05, 4.69) is 36.1 Å². The maximum Gasteiger partial charge on any atom is 0.345 e. The van der Waals surface area contributed by atoms with Crippen molar-refractivity contribution in [2.75, 3.05) is 6.61 Å². The Morgan fingerprint density at radius 2 is 1.30 bits per heavy atom. The minimum Gasteiger partial charge on any atom is -0.482 e. The van der Waals surface area contributed by atoms with Crippen LogP contribution in [0.4, 0.5) is 8.78 Å². The summed E-state index contributed by atoms with van der Waals surface area (Å²) in [6.45, 7) is 2.88. The number of benzene rings is 4. The Balaban J connectivity index is 1.39. The molecule has 4 aromatic rings. The maximum absolute atomic E-state index is 13.4. The molecule has 0 aliphatic rings. The van der Waals surface area contributed by atoms with E-state index in [1.807, 2.05) is 60.7 Å². The number of carbonyl (C=O) groups excluding carboxylic acids is 1. The SMILES string of the molecule is CC(C)(C#Cc1cc(F)cc(F)c1)OC(=O)COc1ccc([S+](c2ccccc2)c2ccccc2)cc1. The lowest BCUT2D eigenvalue weighted by molar-refractivity contribution is -0.154. The van der Waals surface area contributed by atoms with Crippen molar-refractivity contribution in [3.8, 4) is 17.6 Å². The number of esters is 1. The molecule has 37 heavy (non-hydrogen) atoms. The molecule has 4 rings (SSSR count). The van der Waals surface area contributed by atoms with Crippen LogP contribution >= 0.6 is 0 Å². The van der Waals surface area contributed by atoms with Crippen LogP contribution in [0.5, 0.6) is 5.75 Å². The predicted molar refractivity (Wildman–Crippen MR) is 140 cm³/mol. The third-order valence-electron chi connectivity index (χ3n) is 5.11. The Kier molecular flexibility index (Phi) is 8.27. The van der Waals surface area contributed by atoms with Gasteiger partial charge in [0.15, 0.2) is 26.9 Å². The molecule has 0 atom stereocenters. The number of hydrogen-bond donors (Lipinski definition) is 0. The highest BCUT2D eigenvalue weighted by atomic mass is 32.2. The molecule has 0 bridgehead atoms. The van der Waals surface area contributed by atoms with Crippen molar-refractivity contribution >= 4 is 16.9 Å². The van der Waals surface area contributed by atoms with E-state index in [4.69, 9.17) is 9.47 Å². The predicted octanol–water partition coefficient (Wildman–Crippen LogP) is 6.81. The summed E-state index contributed by atoms with van der Waals surface area (Å²) in [6, 6.07) is 31.2. The third kappa shape index (κ3) is 7.45. The topological polar surface area (TPSA) is 35.5 Å². The molecular weight excluding hydrogens is 490 g/mol. The van der Waals surface area contributed by atoms with Crippen LogP contribution in [-0.4, -0.2) is 18.2 Å². The molecule has 0 radical (unpaired) electrons. The second-order valence-electron chi connectivity index (χ2n) is 8.58. The smallest absolute Gasteiger partial charge is 0.345 e. The quantitative estimate of drug-likeness (QED) is 0.154. The molecule has 186 valence electrons. The van der Waals surface area contributed by atoms with Crippen LogP contribution in [0.3, 0.4) is 0 Å². The summed E-state index contributed by atoms with van der Waals surface area (Å²) in [5.74, 6) is 3.85. The zero-order valence-corrected chi connectivity index (χ0v) is 21.2. The van der Waals surface area contributed by atoms with Gasteiger partial charge in [-0.2, -0.15) is 0 Å². The van der Waals surface area contributed by atoms with Gasteiger partial charge in [0.2, 0.25) is 0 Å². The average Bonchev–Trinajstić information content (AvgIpc) is 2.88. The van der Waals surface area contributed by atoms with Gasteiger partial charge < -0.3 is 9.47 Å². The molecule has 0 heterocycles. The Morgan fingerprint density at radius 1 is 0.784 bits per heavy atom. The highest BCUT2D eigenvalue weighted by Crippen LogP contribution is 2.31. The van der Waals surface area contributed by atoms with Crippen molar-refractivity contribution in [2.24, 2.45) is 0 Å². The molecule has 0 aromatic heterocycles. The molecule has 0 fully saturated rings. The standard InChI is InChI=1S/C31H25F2O3S/c1-31(2,18-17-23-19-24(32)21-25(33)20-23)36-30(34)22-35-26-13-15-29(16-14-26)37(27-9-5-3-6-10-27)28-11-7-4-8-12-28/h3-16,19-21H,22H2,1-2H3/q+1. The van der Waals surface area contributed by atoms with Gasteiger partial charge >= 0.3 is 5.97 Å². The summed E-state index contributed by atoms with van der Waals surface area (Å²) in [5.41, 5.74) is -1.02. The summed E-state index contributed by atoms with van der Waals surface area (Å²) in [4.78, 5) is 15.9. The molecular formula is C31H25F2O3S+. The highest BCUT2D eigenvalue weighted by molar-refractivity contribution is 7.97. The first-order chi connectivity index (χ1) is 17.8. The van der Waals surface area contributed by atoms with Crippen LogP contribution < -0.4 is 4.74 Å². The molecule has 0 unspecified atom stereocenters. The average molecular weight is 516 g/mol. The summed E-state index contributed by atoms with van der Waals surface area (Å²) in [6.07, 6.45) is 0. The fraction of sp³-hybridized carbons (Fsp3) is 0.129. The first-order valence-corrected chi connectivity index (χ1v) is 12.8. The van der Waals surface area contributed by atoms with Gasteiger partial charge in [-0.1, -0.05) is 48.2 Å². The zero-order chi connectivity index (χ0) is 26.3. The lowest BCUT2D eigenvalue weighted by Crippen LogP contribution is -2.29. The van der Waals surface area contributed by atoms with Crippen molar-refractivity contribution in [3.05, 3.63) is 120 Å². The van der Waals surface area contributed by atoms with Crippen molar-refractivity contribution in [2.45, 2.75) is 34.1 Å². The molecule has 0 amide bonds. The van der Waals surface area contributed by atoms with Crippen LogP contribution in [-0.2, 0) is 20.4 Å². The lowest BCUT2D eigenvalue weighted by atomic mass is 10.1. The molecule has 0 spiro atoms. The maximum atomic E-state index is 13.4. The molecule has 0 aliphatic carbocycles. The molecule has 0 saturated heterocycles. The van der Waals surface area contributed by atoms with Gasteiger partial charge in [-0.3, -0.25) is 0 Å². The second-order valence-corrected chi connectivity index (χ2v) is 10.6. The third-order valence-corrected chi connectivity index (χ3v) is 7.34. The molecule has 3 nitrogen and oxygen atoms in total. The summed E-state index contributed by atoms with van der Waals surface area (Å²) >= 11 is 0. The van der Waals surface area contributed by atoms with E-state index in [1.165, 1.54) is 9.79 Å². The van der Waals surface area contributed by atoms with E-state index < -0.39 is 23.2 Å².